The Balaban J connectivity index is 1.61. The molecule has 2 aliphatic heterocycles. The molecule has 8 nitrogen and oxygen atoms in total. The van der Waals surface area contributed by atoms with Gasteiger partial charge < -0.3 is 10.7 Å². The zero-order chi connectivity index (χ0) is 21.4. The fraction of sp³-hybridized carbons (Fsp3) is 0.333. The molecule has 0 spiro atoms. The summed E-state index contributed by atoms with van der Waals surface area (Å²) in [6.07, 6.45) is 3.46. The summed E-state index contributed by atoms with van der Waals surface area (Å²) in [6.45, 7) is 4.35. The molecule has 0 saturated carbocycles. The summed E-state index contributed by atoms with van der Waals surface area (Å²) in [5, 5.41) is 0.177. The molecule has 4 rings (SSSR count). The zero-order valence-corrected chi connectivity index (χ0v) is 17.3. The summed E-state index contributed by atoms with van der Waals surface area (Å²) >= 11 is 6.06. The average Bonchev–Trinajstić information content (AvgIpc) is 3.26. The first-order valence-electron chi connectivity index (χ1n) is 9.86. The Morgan fingerprint density at radius 2 is 2.00 bits per heavy atom. The third-order valence-corrected chi connectivity index (χ3v) is 5.98. The molecule has 3 heterocycles. The third-order valence-electron chi connectivity index (χ3n) is 5.67. The van der Waals surface area contributed by atoms with Crippen molar-refractivity contribution in [1.82, 2.24) is 14.8 Å². The molecule has 0 bridgehead atoms. The van der Waals surface area contributed by atoms with Crippen LogP contribution in [0.2, 0.25) is 5.02 Å². The number of pyridine rings is 1. The number of H-pyrrole nitrogens is 1. The van der Waals surface area contributed by atoms with Gasteiger partial charge in [-0.1, -0.05) is 18.5 Å². The van der Waals surface area contributed by atoms with Gasteiger partial charge in [0.15, 0.2) is 0 Å². The molecule has 30 heavy (non-hydrogen) atoms. The Bertz CT molecular complexity index is 1110. The third kappa shape index (κ3) is 3.53. The van der Waals surface area contributed by atoms with Gasteiger partial charge >= 0.3 is 0 Å². The molecule has 0 aliphatic carbocycles. The normalized spacial score (nSPS) is 19.6. The molecule has 1 aromatic heterocycles. The number of nitrogens with two attached hydrogens (primary N) is 1. The summed E-state index contributed by atoms with van der Waals surface area (Å²) in [7, 11) is 0. The summed E-state index contributed by atoms with van der Waals surface area (Å²) in [5.41, 5.74) is 6.60. The average molecular weight is 428 g/mol. The maximum absolute atomic E-state index is 12.9. The number of hydrogen-bond acceptors (Lipinski definition) is 5. The van der Waals surface area contributed by atoms with E-state index in [0.29, 0.717) is 23.4 Å². The van der Waals surface area contributed by atoms with Crippen LogP contribution in [0, 0.1) is 0 Å². The number of benzene rings is 1. The number of halogens is 1. The first-order valence-corrected chi connectivity index (χ1v) is 10.2. The maximum Gasteiger partial charge on any atom is 0.261 e. The molecular weight excluding hydrogens is 406 g/mol. The van der Waals surface area contributed by atoms with Crippen molar-refractivity contribution in [2.75, 3.05) is 19.6 Å². The van der Waals surface area contributed by atoms with Crippen LogP contribution >= 0.6 is 11.6 Å². The van der Waals surface area contributed by atoms with Crippen LogP contribution < -0.4 is 11.3 Å². The quantitative estimate of drug-likeness (QED) is 0.431. The van der Waals surface area contributed by atoms with Gasteiger partial charge in [0.25, 0.3) is 17.4 Å². The molecule has 2 amide bonds. The van der Waals surface area contributed by atoms with Gasteiger partial charge in [0.05, 0.1) is 21.8 Å². The fourth-order valence-electron chi connectivity index (χ4n) is 4.13. The minimum atomic E-state index is -0.459. The van der Waals surface area contributed by atoms with Crippen LogP contribution in [-0.4, -0.2) is 58.1 Å². The van der Waals surface area contributed by atoms with Crippen LogP contribution in [0.5, 0.6) is 0 Å². The van der Waals surface area contributed by atoms with Crippen molar-refractivity contribution in [2.45, 2.75) is 25.8 Å². The highest BCUT2D eigenvalue weighted by molar-refractivity contribution is 6.34. The highest BCUT2D eigenvalue weighted by atomic mass is 35.5. The number of aliphatic imine (C=N–C) groups is 1. The number of aromatic nitrogens is 1. The Hall–Kier alpha value is -2.97. The number of amidine groups is 1. The summed E-state index contributed by atoms with van der Waals surface area (Å²) < 4.78 is 0. The topological polar surface area (TPSA) is 112 Å². The number of amides is 2. The van der Waals surface area contributed by atoms with Gasteiger partial charge in [-0.15, -0.1) is 0 Å². The number of imide groups is 1. The Labute approximate surface area is 178 Å². The predicted octanol–water partition coefficient (Wildman–Crippen LogP) is 2.15. The van der Waals surface area contributed by atoms with E-state index < -0.39 is 5.56 Å². The van der Waals surface area contributed by atoms with Crippen molar-refractivity contribution < 1.29 is 9.59 Å². The fourth-order valence-corrected chi connectivity index (χ4v) is 4.38. The number of carbonyl (C=O) groups is 2. The van der Waals surface area contributed by atoms with Crippen molar-refractivity contribution in [3.05, 3.63) is 62.5 Å². The molecule has 0 radical (unpaired) electrons. The Morgan fingerprint density at radius 3 is 2.73 bits per heavy atom. The van der Waals surface area contributed by atoms with Crippen molar-refractivity contribution in [2.24, 2.45) is 10.7 Å². The van der Waals surface area contributed by atoms with E-state index in [-0.39, 0.29) is 34.3 Å². The van der Waals surface area contributed by atoms with E-state index in [9.17, 15) is 14.4 Å². The van der Waals surface area contributed by atoms with E-state index in [1.807, 2.05) is 0 Å². The number of carbonyl (C=O) groups excluding carboxylic acids is 2. The smallest absolute Gasteiger partial charge is 0.261 e. The van der Waals surface area contributed by atoms with Crippen molar-refractivity contribution in [1.29, 1.82) is 0 Å². The van der Waals surface area contributed by atoms with E-state index in [1.54, 1.807) is 12.1 Å². The van der Waals surface area contributed by atoms with E-state index >= 15 is 0 Å². The van der Waals surface area contributed by atoms with Gasteiger partial charge in [0.2, 0.25) is 0 Å². The van der Waals surface area contributed by atoms with E-state index in [0.717, 1.165) is 25.9 Å². The lowest BCUT2D eigenvalue weighted by Crippen LogP contribution is -2.42. The van der Waals surface area contributed by atoms with Crippen LogP contribution in [-0.2, 0) is 0 Å². The first-order chi connectivity index (χ1) is 14.4. The maximum atomic E-state index is 12.9. The Morgan fingerprint density at radius 1 is 1.23 bits per heavy atom. The molecule has 1 saturated heterocycles. The molecule has 2 aliphatic rings. The SMILES string of the molecule is CCN1CCC[C@@H]1CN1C(=O)c2ccc(N=C(N)c3c(Cl)cc[nH]c3=O)cc2C1=O. The van der Waals surface area contributed by atoms with E-state index in [2.05, 4.69) is 21.8 Å². The number of nitrogens with one attached hydrogen (secondary N) is 1. The summed E-state index contributed by atoms with van der Waals surface area (Å²) in [5.74, 6) is -0.687. The second kappa shape index (κ2) is 8.04. The molecule has 2 aromatic rings. The highest BCUT2D eigenvalue weighted by Crippen LogP contribution is 2.29. The molecule has 1 fully saturated rings. The number of hydrogen-bond donors (Lipinski definition) is 2. The van der Waals surface area contributed by atoms with E-state index in [1.165, 1.54) is 23.2 Å². The van der Waals surface area contributed by atoms with Gasteiger partial charge in [-0.3, -0.25) is 24.2 Å². The first kappa shape index (κ1) is 20.3. The monoisotopic (exact) mass is 427 g/mol. The van der Waals surface area contributed by atoms with Gasteiger partial charge in [0, 0.05) is 18.8 Å². The van der Waals surface area contributed by atoms with Gasteiger partial charge in [-0.05, 0) is 50.2 Å². The van der Waals surface area contributed by atoms with Crippen LogP contribution in [0.4, 0.5) is 5.69 Å². The van der Waals surface area contributed by atoms with Crippen LogP contribution in [0.15, 0.2) is 40.2 Å². The van der Waals surface area contributed by atoms with Gasteiger partial charge in [-0.2, -0.15) is 0 Å². The van der Waals surface area contributed by atoms with E-state index in [4.69, 9.17) is 17.3 Å². The predicted molar refractivity (Wildman–Crippen MR) is 115 cm³/mol. The minimum absolute atomic E-state index is 0.0598. The zero-order valence-electron chi connectivity index (χ0n) is 16.5. The standard InChI is InChI=1S/C21H22ClN5O3/c1-2-26-9-3-4-13(26)11-27-20(29)14-6-5-12(10-15(14)21(27)30)25-18(23)17-16(22)7-8-24-19(17)28/h5-8,10,13H,2-4,9,11H2,1H3,(H2,23,25)(H,24,28)/t13-/m1/s1. The molecule has 1 aromatic carbocycles. The number of likely N-dealkylation sites (N-methyl/N-ethyl adjacent to an activating group) is 1. The molecule has 0 unspecified atom stereocenters. The van der Waals surface area contributed by atoms with Crippen molar-refractivity contribution in [3.63, 3.8) is 0 Å². The number of likely N-dealkylation sites (tertiary alicyclic amines) is 1. The number of fused-ring (bicyclic) bond motifs is 1. The lowest BCUT2D eigenvalue weighted by Gasteiger charge is -2.26. The molecular formula is C21H22ClN5O3. The van der Waals surface area contributed by atoms with Gasteiger partial charge in [-0.25, -0.2) is 4.99 Å². The summed E-state index contributed by atoms with van der Waals surface area (Å²) in [6, 6.07) is 6.40. The lowest BCUT2D eigenvalue weighted by molar-refractivity contribution is 0.0611. The number of nitrogens with zero attached hydrogens (tertiary/aromatic N) is 3. The highest BCUT2D eigenvalue weighted by Gasteiger charge is 2.38. The lowest BCUT2D eigenvalue weighted by atomic mass is 10.1. The molecule has 156 valence electrons. The van der Waals surface area contributed by atoms with Crippen LogP contribution in [0.3, 0.4) is 0 Å². The molecule has 1 atom stereocenters. The minimum Gasteiger partial charge on any atom is -0.383 e. The van der Waals surface area contributed by atoms with Crippen LogP contribution in [0.1, 0.15) is 46.0 Å². The number of aromatic amines is 1. The summed E-state index contributed by atoms with van der Waals surface area (Å²) in [4.78, 5) is 48.1. The second-order valence-electron chi connectivity index (χ2n) is 7.40. The van der Waals surface area contributed by atoms with Gasteiger partial charge in [0.1, 0.15) is 11.4 Å². The van der Waals surface area contributed by atoms with Crippen molar-refractivity contribution in [3.8, 4) is 0 Å². The van der Waals surface area contributed by atoms with Crippen LogP contribution in [0.25, 0.3) is 0 Å². The van der Waals surface area contributed by atoms with Crippen molar-refractivity contribution >= 4 is 34.9 Å². The largest absolute Gasteiger partial charge is 0.383 e. The second-order valence-corrected chi connectivity index (χ2v) is 7.81. The molecule has 9 heteroatoms. The Kier molecular flexibility index (Phi) is 5.44. The number of rotatable bonds is 5. The molecule has 3 N–H and O–H groups in total.